The normalized spacial score (nSPS) is 16.2. The predicted molar refractivity (Wildman–Crippen MR) is 70.5 cm³/mol. The molecule has 7 nitrogen and oxygen atoms in total. The minimum atomic E-state index is -0.240. The van der Waals surface area contributed by atoms with Gasteiger partial charge in [0, 0.05) is 19.4 Å². The molecule has 1 amide bonds. The minimum Gasteiger partial charge on any atom is -0.381 e. The highest BCUT2D eigenvalue weighted by molar-refractivity contribution is 6.04. The van der Waals surface area contributed by atoms with Crippen molar-refractivity contribution in [2.24, 2.45) is 0 Å². The van der Waals surface area contributed by atoms with Crippen molar-refractivity contribution in [1.29, 1.82) is 0 Å². The summed E-state index contributed by atoms with van der Waals surface area (Å²) >= 11 is 0. The SMILES string of the molecule is Cc1oncc1C(=O)Nc1cnn(C2CCOCC2)c1. The van der Waals surface area contributed by atoms with Crippen LogP contribution in [0, 0.1) is 6.92 Å². The fraction of sp³-hybridized carbons (Fsp3) is 0.462. The van der Waals surface area contributed by atoms with Crippen LogP contribution in [0.5, 0.6) is 0 Å². The fourth-order valence-corrected chi connectivity index (χ4v) is 2.27. The quantitative estimate of drug-likeness (QED) is 0.924. The Kier molecular flexibility index (Phi) is 3.51. The Labute approximate surface area is 115 Å². The van der Waals surface area contributed by atoms with Crippen LogP contribution < -0.4 is 5.32 Å². The van der Waals surface area contributed by atoms with Crippen LogP contribution in [0.2, 0.25) is 0 Å². The molecular weight excluding hydrogens is 260 g/mol. The van der Waals surface area contributed by atoms with Crippen molar-refractivity contribution < 1.29 is 14.1 Å². The molecule has 2 aromatic heterocycles. The van der Waals surface area contributed by atoms with E-state index < -0.39 is 0 Å². The van der Waals surface area contributed by atoms with E-state index in [1.165, 1.54) is 6.20 Å². The van der Waals surface area contributed by atoms with Crippen molar-refractivity contribution in [2.45, 2.75) is 25.8 Å². The summed E-state index contributed by atoms with van der Waals surface area (Å²) in [6.45, 7) is 3.21. The average molecular weight is 276 g/mol. The van der Waals surface area contributed by atoms with Crippen LogP contribution in [0.1, 0.15) is 35.0 Å². The Morgan fingerprint density at radius 1 is 1.40 bits per heavy atom. The summed E-state index contributed by atoms with van der Waals surface area (Å²) in [4.78, 5) is 12.0. The van der Waals surface area contributed by atoms with Gasteiger partial charge < -0.3 is 14.6 Å². The molecule has 0 spiro atoms. The molecule has 0 unspecified atom stereocenters. The molecule has 3 rings (SSSR count). The van der Waals surface area contributed by atoms with Crippen molar-refractivity contribution >= 4 is 11.6 Å². The van der Waals surface area contributed by atoms with E-state index >= 15 is 0 Å². The zero-order valence-electron chi connectivity index (χ0n) is 11.2. The van der Waals surface area contributed by atoms with Gasteiger partial charge in [-0.1, -0.05) is 5.16 Å². The largest absolute Gasteiger partial charge is 0.381 e. The highest BCUT2D eigenvalue weighted by Crippen LogP contribution is 2.21. The number of ether oxygens (including phenoxy) is 1. The lowest BCUT2D eigenvalue weighted by Crippen LogP contribution is -2.19. The Hall–Kier alpha value is -2.15. The van der Waals surface area contributed by atoms with E-state index in [0.29, 0.717) is 23.1 Å². The molecule has 7 heteroatoms. The van der Waals surface area contributed by atoms with Crippen molar-refractivity contribution in [3.05, 3.63) is 29.9 Å². The minimum absolute atomic E-state index is 0.240. The summed E-state index contributed by atoms with van der Waals surface area (Å²) in [5.41, 5.74) is 1.10. The molecule has 1 saturated heterocycles. The number of carbonyl (C=O) groups excluding carboxylic acids is 1. The average Bonchev–Trinajstić information content (AvgIpc) is 3.09. The molecule has 3 heterocycles. The van der Waals surface area contributed by atoms with Crippen LogP contribution in [0.15, 0.2) is 23.1 Å². The summed E-state index contributed by atoms with van der Waals surface area (Å²) in [5, 5.41) is 10.7. The van der Waals surface area contributed by atoms with Gasteiger partial charge in [-0.2, -0.15) is 5.10 Å². The smallest absolute Gasteiger partial charge is 0.260 e. The molecule has 0 aromatic carbocycles. The number of aryl methyl sites for hydroxylation is 1. The third kappa shape index (κ3) is 2.57. The molecule has 20 heavy (non-hydrogen) atoms. The number of anilines is 1. The van der Waals surface area contributed by atoms with E-state index in [1.54, 1.807) is 13.1 Å². The second kappa shape index (κ2) is 5.46. The fourth-order valence-electron chi connectivity index (χ4n) is 2.27. The first kappa shape index (κ1) is 12.9. The van der Waals surface area contributed by atoms with Crippen LogP contribution in [-0.2, 0) is 4.74 Å². The molecule has 2 aromatic rings. The molecule has 106 valence electrons. The van der Waals surface area contributed by atoms with Gasteiger partial charge in [0.05, 0.1) is 24.1 Å². The number of hydrogen-bond donors (Lipinski definition) is 1. The zero-order valence-corrected chi connectivity index (χ0v) is 11.2. The van der Waals surface area contributed by atoms with Gasteiger partial charge in [-0.25, -0.2) is 0 Å². The van der Waals surface area contributed by atoms with Crippen LogP contribution >= 0.6 is 0 Å². The maximum absolute atomic E-state index is 12.0. The lowest BCUT2D eigenvalue weighted by molar-refractivity contribution is 0.0662. The van der Waals surface area contributed by atoms with Gasteiger partial charge in [-0.05, 0) is 19.8 Å². The highest BCUT2D eigenvalue weighted by atomic mass is 16.5. The molecule has 0 atom stereocenters. The zero-order chi connectivity index (χ0) is 13.9. The number of rotatable bonds is 3. The first-order chi connectivity index (χ1) is 9.74. The molecule has 1 aliphatic rings. The van der Waals surface area contributed by atoms with Crippen molar-refractivity contribution in [1.82, 2.24) is 14.9 Å². The van der Waals surface area contributed by atoms with Crippen molar-refractivity contribution in [3.63, 3.8) is 0 Å². The molecule has 0 saturated carbocycles. The van der Waals surface area contributed by atoms with Gasteiger partial charge in [0.2, 0.25) is 0 Å². The molecule has 0 radical (unpaired) electrons. The van der Waals surface area contributed by atoms with Gasteiger partial charge in [0.25, 0.3) is 5.91 Å². The molecule has 0 aliphatic carbocycles. The van der Waals surface area contributed by atoms with Gasteiger partial charge in [0.1, 0.15) is 11.3 Å². The number of carbonyl (C=O) groups is 1. The Balaban J connectivity index is 1.68. The van der Waals surface area contributed by atoms with Gasteiger partial charge >= 0.3 is 0 Å². The standard InChI is InChI=1S/C13H16N4O3/c1-9-12(7-15-20-9)13(18)16-10-6-14-17(8-10)11-2-4-19-5-3-11/h6-8,11H,2-5H2,1H3,(H,16,18). The van der Waals surface area contributed by atoms with Gasteiger partial charge in [-0.15, -0.1) is 0 Å². The second-order valence-corrected chi connectivity index (χ2v) is 4.80. The number of amides is 1. The topological polar surface area (TPSA) is 82.2 Å². The maximum Gasteiger partial charge on any atom is 0.260 e. The van der Waals surface area contributed by atoms with E-state index in [-0.39, 0.29) is 5.91 Å². The maximum atomic E-state index is 12.0. The van der Waals surface area contributed by atoms with Crippen molar-refractivity contribution in [2.75, 3.05) is 18.5 Å². The molecule has 1 aliphatic heterocycles. The highest BCUT2D eigenvalue weighted by Gasteiger charge is 2.18. The van der Waals surface area contributed by atoms with Crippen molar-refractivity contribution in [3.8, 4) is 0 Å². The van der Waals surface area contributed by atoms with Crippen LogP contribution in [-0.4, -0.2) is 34.1 Å². The summed E-state index contributed by atoms with van der Waals surface area (Å²) in [5.74, 6) is 0.259. The third-order valence-electron chi connectivity index (χ3n) is 3.42. The van der Waals surface area contributed by atoms with E-state index in [2.05, 4.69) is 15.6 Å². The van der Waals surface area contributed by atoms with Crippen LogP contribution in [0.4, 0.5) is 5.69 Å². The second-order valence-electron chi connectivity index (χ2n) is 4.80. The van der Waals surface area contributed by atoms with E-state index in [0.717, 1.165) is 26.1 Å². The summed E-state index contributed by atoms with van der Waals surface area (Å²) in [6, 6.07) is 0.340. The van der Waals surface area contributed by atoms with Gasteiger partial charge in [0.15, 0.2) is 0 Å². The molecule has 0 bridgehead atoms. The lowest BCUT2D eigenvalue weighted by Gasteiger charge is -2.22. The third-order valence-corrected chi connectivity index (χ3v) is 3.42. The Morgan fingerprint density at radius 3 is 2.90 bits per heavy atom. The van der Waals surface area contributed by atoms with Gasteiger partial charge in [-0.3, -0.25) is 9.48 Å². The van der Waals surface area contributed by atoms with Crippen LogP contribution in [0.3, 0.4) is 0 Å². The first-order valence-corrected chi connectivity index (χ1v) is 6.58. The predicted octanol–water partition coefficient (Wildman–Crippen LogP) is 1.78. The summed E-state index contributed by atoms with van der Waals surface area (Å²) in [6.07, 6.45) is 6.79. The number of nitrogens with zero attached hydrogens (tertiary/aromatic N) is 3. The van der Waals surface area contributed by atoms with E-state index in [9.17, 15) is 4.79 Å². The van der Waals surface area contributed by atoms with E-state index in [1.807, 2.05) is 10.9 Å². The molecular formula is C13H16N4O3. The summed E-state index contributed by atoms with van der Waals surface area (Å²) < 4.78 is 12.1. The monoisotopic (exact) mass is 276 g/mol. The number of aromatic nitrogens is 3. The van der Waals surface area contributed by atoms with Crippen LogP contribution in [0.25, 0.3) is 0 Å². The number of nitrogens with one attached hydrogen (secondary N) is 1. The Morgan fingerprint density at radius 2 is 2.20 bits per heavy atom. The lowest BCUT2D eigenvalue weighted by atomic mass is 10.1. The number of hydrogen-bond acceptors (Lipinski definition) is 5. The molecule has 1 fully saturated rings. The summed E-state index contributed by atoms with van der Waals surface area (Å²) in [7, 11) is 0. The first-order valence-electron chi connectivity index (χ1n) is 6.58. The Bertz CT molecular complexity index is 598. The van der Waals surface area contributed by atoms with E-state index in [4.69, 9.17) is 9.26 Å². The molecule has 1 N–H and O–H groups in total.